The van der Waals surface area contributed by atoms with E-state index >= 15 is 0 Å². The molecule has 0 heterocycles. The maximum absolute atomic E-state index is 13.2. The Balaban J connectivity index is 4.45. The van der Waals surface area contributed by atoms with Gasteiger partial charge in [-0.2, -0.15) is 0 Å². The smallest absolute Gasteiger partial charge is 0.306 e. The number of carbonyl (C=O) groups excluding carboxylic acids is 2. The molecule has 0 aliphatic carbocycles. The van der Waals surface area contributed by atoms with Gasteiger partial charge in [-0.05, 0) is 77.0 Å². The molecule has 0 aliphatic rings. The van der Waals surface area contributed by atoms with Crippen LogP contribution in [0.2, 0.25) is 0 Å². The van der Waals surface area contributed by atoms with Crippen molar-refractivity contribution in [3.63, 3.8) is 0 Å². The summed E-state index contributed by atoms with van der Waals surface area (Å²) >= 11 is 0. The van der Waals surface area contributed by atoms with Crippen LogP contribution in [0, 0.1) is 0 Å². The third kappa shape index (κ3) is 44.7. The van der Waals surface area contributed by atoms with Crippen LogP contribution in [0.3, 0.4) is 0 Å². The maximum Gasteiger partial charge on any atom is 0.306 e. The van der Waals surface area contributed by atoms with Crippen LogP contribution in [0.4, 0.5) is 0 Å². The highest BCUT2D eigenvalue weighted by atomic mass is 16.5. The van der Waals surface area contributed by atoms with Crippen LogP contribution >= 0.6 is 0 Å². The lowest BCUT2D eigenvalue weighted by molar-refractivity contribution is -0.151. The van der Waals surface area contributed by atoms with Crippen LogP contribution in [0.5, 0.6) is 0 Å². The Morgan fingerprint density at radius 3 is 1.21 bits per heavy atom. The number of nitrogens with one attached hydrogen (secondary N) is 1. The molecule has 0 aliphatic heterocycles. The van der Waals surface area contributed by atoms with E-state index in [0.29, 0.717) is 19.3 Å². The summed E-state index contributed by atoms with van der Waals surface area (Å²) in [6.45, 7) is 6.47. The normalized spacial score (nSPS) is 13.3. The number of aliphatic hydroxyl groups is 2. The van der Waals surface area contributed by atoms with E-state index in [9.17, 15) is 19.8 Å². The fourth-order valence-electron chi connectivity index (χ4n) is 8.36. The molecule has 0 fully saturated rings. The first kappa shape index (κ1) is 59.3. The molecule has 0 aromatic carbocycles. The lowest BCUT2D eigenvalue weighted by Crippen LogP contribution is -2.46. The van der Waals surface area contributed by atoms with Crippen molar-refractivity contribution in [2.24, 2.45) is 0 Å². The van der Waals surface area contributed by atoms with E-state index in [1.807, 2.05) is 0 Å². The topological polar surface area (TPSA) is 95.9 Å². The van der Waals surface area contributed by atoms with Crippen molar-refractivity contribution >= 4 is 11.9 Å². The second kappa shape index (κ2) is 49.4. The molecule has 0 saturated heterocycles. The molecule has 0 radical (unpaired) electrons. The van der Waals surface area contributed by atoms with Gasteiger partial charge >= 0.3 is 5.97 Å². The molecule has 0 aromatic rings. The fraction of sp³-hybridized carbons (Fsp3) is 0.891. The standard InChI is InChI=1S/C55H105NO5/c1-4-7-10-13-16-19-22-24-26-27-29-31-33-36-39-42-45-48-55(60)61-51(46-43-40-37-34-21-18-15-12-9-6-3)49-54(59)56-52(50-57)53(58)47-44-41-38-35-32-30-28-25-23-20-17-14-11-8-5-2/h18,21,24,26,51-53,57-58H,4-17,19-20,22-23,25,27-50H2,1-3H3,(H,56,59)/b21-18-,26-24+. The third-order valence-electron chi connectivity index (χ3n) is 12.5. The fourth-order valence-corrected chi connectivity index (χ4v) is 8.36. The molecule has 360 valence electrons. The number of rotatable bonds is 49. The summed E-state index contributed by atoms with van der Waals surface area (Å²) in [5.41, 5.74) is 0. The highest BCUT2D eigenvalue weighted by Crippen LogP contribution is 2.18. The summed E-state index contributed by atoms with van der Waals surface area (Å²) < 4.78 is 5.92. The molecule has 3 atom stereocenters. The zero-order valence-corrected chi connectivity index (χ0v) is 41.1. The monoisotopic (exact) mass is 860 g/mol. The first-order chi connectivity index (χ1) is 30.0. The van der Waals surface area contributed by atoms with Gasteiger partial charge in [0.1, 0.15) is 6.10 Å². The first-order valence-corrected chi connectivity index (χ1v) is 27.1. The van der Waals surface area contributed by atoms with Crippen LogP contribution in [0.15, 0.2) is 24.3 Å². The molecule has 6 nitrogen and oxygen atoms in total. The van der Waals surface area contributed by atoms with Gasteiger partial charge in [-0.25, -0.2) is 0 Å². The zero-order valence-electron chi connectivity index (χ0n) is 41.1. The molecule has 6 heteroatoms. The van der Waals surface area contributed by atoms with Gasteiger partial charge in [0, 0.05) is 6.42 Å². The summed E-state index contributed by atoms with van der Waals surface area (Å²) in [6, 6.07) is -0.703. The van der Waals surface area contributed by atoms with Crippen LogP contribution < -0.4 is 5.32 Å². The maximum atomic E-state index is 13.2. The summed E-state index contributed by atoms with van der Waals surface area (Å²) in [5.74, 6) is -0.483. The van der Waals surface area contributed by atoms with Crippen molar-refractivity contribution in [3.8, 4) is 0 Å². The predicted octanol–water partition coefficient (Wildman–Crippen LogP) is 16.3. The van der Waals surface area contributed by atoms with E-state index < -0.39 is 18.2 Å². The Kier molecular flexibility index (Phi) is 48.0. The number of carbonyl (C=O) groups is 2. The summed E-state index contributed by atoms with van der Waals surface area (Å²) in [4.78, 5) is 26.1. The van der Waals surface area contributed by atoms with Gasteiger partial charge in [-0.3, -0.25) is 9.59 Å². The molecular weight excluding hydrogens is 755 g/mol. The van der Waals surface area contributed by atoms with E-state index in [4.69, 9.17) is 4.74 Å². The molecule has 0 rings (SSSR count). The van der Waals surface area contributed by atoms with Gasteiger partial charge in [0.2, 0.25) is 5.91 Å². The minimum absolute atomic E-state index is 0.0689. The molecule has 61 heavy (non-hydrogen) atoms. The molecule has 3 N–H and O–H groups in total. The molecule has 0 spiro atoms. The van der Waals surface area contributed by atoms with Crippen molar-refractivity contribution in [2.45, 2.75) is 309 Å². The van der Waals surface area contributed by atoms with Crippen LogP contribution in [-0.4, -0.2) is 46.9 Å². The van der Waals surface area contributed by atoms with Gasteiger partial charge in [-0.15, -0.1) is 0 Å². The third-order valence-corrected chi connectivity index (χ3v) is 12.5. The number of esters is 1. The van der Waals surface area contributed by atoms with Gasteiger partial charge in [0.05, 0.1) is 25.2 Å². The lowest BCUT2D eigenvalue weighted by atomic mass is 10.0. The van der Waals surface area contributed by atoms with Crippen molar-refractivity contribution in [3.05, 3.63) is 24.3 Å². The average molecular weight is 860 g/mol. The number of ether oxygens (including phenoxy) is 1. The van der Waals surface area contributed by atoms with Crippen LogP contribution in [0.25, 0.3) is 0 Å². The summed E-state index contributed by atoms with van der Waals surface area (Å²) in [6.07, 6.45) is 56.7. The van der Waals surface area contributed by atoms with Crippen molar-refractivity contribution in [1.82, 2.24) is 5.32 Å². The highest BCUT2D eigenvalue weighted by Gasteiger charge is 2.24. The molecular formula is C55H105NO5. The van der Waals surface area contributed by atoms with E-state index in [-0.39, 0.29) is 24.9 Å². The Hall–Kier alpha value is -1.66. The molecule has 1 amide bonds. The Labute approximate surface area is 380 Å². The second-order valence-electron chi connectivity index (χ2n) is 18.6. The Morgan fingerprint density at radius 1 is 0.459 bits per heavy atom. The molecule has 0 bridgehead atoms. The van der Waals surface area contributed by atoms with E-state index in [1.165, 1.54) is 180 Å². The molecule has 3 unspecified atom stereocenters. The number of amides is 1. The number of hydrogen-bond donors (Lipinski definition) is 3. The van der Waals surface area contributed by atoms with Gasteiger partial charge in [0.25, 0.3) is 0 Å². The van der Waals surface area contributed by atoms with Crippen LogP contribution in [-0.2, 0) is 14.3 Å². The van der Waals surface area contributed by atoms with Crippen LogP contribution in [0.1, 0.15) is 290 Å². The minimum atomic E-state index is -0.788. The quantitative estimate of drug-likeness (QED) is 0.0322. The highest BCUT2D eigenvalue weighted by molar-refractivity contribution is 5.77. The number of unbranched alkanes of at least 4 members (excludes halogenated alkanes) is 33. The summed E-state index contributed by atoms with van der Waals surface area (Å²) in [5, 5.41) is 23.8. The second-order valence-corrected chi connectivity index (χ2v) is 18.6. The van der Waals surface area contributed by atoms with E-state index in [2.05, 4.69) is 50.4 Å². The van der Waals surface area contributed by atoms with Crippen molar-refractivity contribution in [2.75, 3.05) is 6.61 Å². The van der Waals surface area contributed by atoms with Crippen molar-refractivity contribution < 1.29 is 24.5 Å². The van der Waals surface area contributed by atoms with Crippen molar-refractivity contribution in [1.29, 1.82) is 0 Å². The first-order valence-electron chi connectivity index (χ1n) is 27.1. The van der Waals surface area contributed by atoms with Gasteiger partial charge < -0.3 is 20.3 Å². The molecule has 0 saturated carbocycles. The average Bonchev–Trinajstić information content (AvgIpc) is 3.25. The number of aliphatic hydroxyl groups excluding tert-OH is 2. The number of allylic oxidation sites excluding steroid dienone is 4. The Morgan fingerprint density at radius 2 is 0.787 bits per heavy atom. The Bertz CT molecular complexity index is 966. The summed E-state index contributed by atoms with van der Waals surface area (Å²) in [7, 11) is 0. The van der Waals surface area contributed by atoms with Gasteiger partial charge in [-0.1, -0.05) is 225 Å². The van der Waals surface area contributed by atoms with E-state index in [1.54, 1.807) is 0 Å². The minimum Gasteiger partial charge on any atom is -0.462 e. The zero-order chi connectivity index (χ0) is 44.5. The van der Waals surface area contributed by atoms with Gasteiger partial charge in [0.15, 0.2) is 0 Å². The van der Waals surface area contributed by atoms with E-state index in [0.717, 1.165) is 64.2 Å². The largest absolute Gasteiger partial charge is 0.462 e. The predicted molar refractivity (Wildman–Crippen MR) is 264 cm³/mol. The number of hydrogen-bond acceptors (Lipinski definition) is 5. The SMILES string of the molecule is CCCCC/C=C\CCCCCC(CC(=O)NC(CO)C(O)CCCCCCCCCCCCCCCCC)OC(=O)CCCCCCCCC/C=C/CCCCCCCC. The molecule has 0 aromatic heterocycles. The lowest BCUT2D eigenvalue weighted by Gasteiger charge is -2.24.